The van der Waals surface area contributed by atoms with Gasteiger partial charge in [0.25, 0.3) is 0 Å². The van der Waals surface area contributed by atoms with Crippen molar-refractivity contribution in [3.63, 3.8) is 0 Å². The van der Waals surface area contributed by atoms with Crippen LogP contribution in [-0.2, 0) is 4.79 Å². The van der Waals surface area contributed by atoms with Gasteiger partial charge in [0.15, 0.2) is 0 Å². The van der Waals surface area contributed by atoms with Crippen LogP contribution in [0.4, 0.5) is 0 Å². The lowest BCUT2D eigenvalue weighted by Gasteiger charge is -2.00. The Labute approximate surface area is 68.2 Å². The van der Waals surface area contributed by atoms with Gasteiger partial charge in [-0.25, -0.2) is 0 Å². The molecule has 0 saturated carbocycles. The van der Waals surface area contributed by atoms with Gasteiger partial charge in [0.05, 0.1) is 0 Å². The maximum absolute atomic E-state index is 10.6. The van der Waals surface area contributed by atoms with E-state index in [0.717, 1.165) is 10.5 Å². The molecule has 1 aromatic rings. The van der Waals surface area contributed by atoms with E-state index < -0.39 is 5.97 Å². The molecule has 11 heavy (non-hydrogen) atoms. The quantitative estimate of drug-likeness (QED) is 0.692. The van der Waals surface area contributed by atoms with Crippen molar-refractivity contribution in [2.24, 2.45) is 0 Å². The van der Waals surface area contributed by atoms with E-state index in [1.54, 1.807) is 0 Å². The molecule has 1 atom stereocenters. The van der Waals surface area contributed by atoms with Crippen LogP contribution in [0.25, 0.3) is 0 Å². The van der Waals surface area contributed by atoms with Crippen molar-refractivity contribution in [3.8, 4) is 0 Å². The van der Waals surface area contributed by atoms with Crippen LogP contribution < -0.4 is 0 Å². The molecule has 56 valence electrons. The first kappa shape index (κ1) is 6.73. The molecule has 0 aromatic heterocycles. The van der Waals surface area contributed by atoms with Crippen molar-refractivity contribution in [1.82, 2.24) is 0 Å². The average Bonchev–Trinajstić information content (AvgIpc) is 2.27. The lowest BCUT2D eigenvalue weighted by Crippen LogP contribution is -2.03. The number of thioether (sulfide) groups is 1. The Bertz CT molecular complexity index is 309. The van der Waals surface area contributed by atoms with Crippen LogP contribution in [0.5, 0.6) is 0 Å². The van der Waals surface area contributed by atoms with E-state index in [-0.39, 0.29) is 5.25 Å². The Balaban J connectivity index is 2.41. The fourth-order valence-corrected chi connectivity index (χ4v) is 2.16. The van der Waals surface area contributed by atoms with E-state index in [1.807, 2.05) is 24.3 Å². The second-order valence-electron chi connectivity index (χ2n) is 2.41. The highest BCUT2D eigenvalue weighted by molar-refractivity contribution is 8.00. The molecule has 2 bridgehead atoms. The first-order chi connectivity index (χ1) is 5.27. The van der Waals surface area contributed by atoms with Gasteiger partial charge in [-0.1, -0.05) is 12.1 Å². The maximum atomic E-state index is 10.6. The fourth-order valence-electron chi connectivity index (χ4n) is 1.15. The molecule has 1 unspecified atom stereocenters. The molecule has 3 heteroatoms. The third kappa shape index (κ3) is 1.01. The van der Waals surface area contributed by atoms with Crippen LogP contribution >= 0.6 is 11.8 Å². The molecular weight excluding hydrogens is 160 g/mol. The summed E-state index contributed by atoms with van der Waals surface area (Å²) in [6.45, 7) is 0. The second-order valence-corrected chi connectivity index (χ2v) is 3.59. The van der Waals surface area contributed by atoms with Gasteiger partial charge < -0.3 is 5.11 Å². The van der Waals surface area contributed by atoms with Gasteiger partial charge in [0, 0.05) is 4.90 Å². The largest absolute Gasteiger partial charge is 0.480 e. The van der Waals surface area contributed by atoms with Gasteiger partial charge in [0.2, 0.25) is 0 Å². The Hall–Kier alpha value is -0.960. The van der Waals surface area contributed by atoms with E-state index in [0.29, 0.717) is 0 Å². The highest BCUT2D eigenvalue weighted by Gasteiger charge is 2.26. The molecule has 0 aliphatic carbocycles. The Morgan fingerprint density at radius 3 is 3.00 bits per heavy atom. The van der Waals surface area contributed by atoms with E-state index in [4.69, 9.17) is 5.11 Å². The summed E-state index contributed by atoms with van der Waals surface area (Å²) in [4.78, 5) is 11.7. The highest BCUT2D eigenvalue weighted by Crippen LogP contribution is 2.42. The summed E-state index contributed by atoms with van der Waals surface area (Å²) in [5, 5.41) is 8.36. The Morgan fingerprint density at radius 1 is 1.55 bits per heavy atom. The summed E-state index contributed by atoms with van der Waals surface area (Å²) >= 11 is 1.40. The zero-order chi connectivity index (χ0) is 7.84. The minimum Gasteiger partial charge on any atom is -0.480 e. The molecule has 1 aliphatic rings. The van der Waals surface area contributed by atoms with E-state index >= 15 is 0 Å². The average molecular weight is 166 g/mol. The van der Waals surface area contributed by atoms with Crippen LogP contribution in [0, 0.1) is 0 Å². The molecule has 1 heterocycles. The zero-order valence-corrected chi connectivity index (χ0v) is 6.47. The van der Waals surface area contributed by atoms with Crippen molar-refractivity contribution in [2.75, 3.05) is 0 Å². The van der Waals surface area contributed by atoms with Crippen LogP contribution in [-0.4, -0.2) is 11.1 Å². The minimum atomic E-state index is -0.754. The van der Waals surface area contributed by atoms with Crippen molar-refractivity contribution < 1.29 is 9.90 Å². The van der Waals surface area contributed by atoms with Gasteiger partial charge in [0.1, 0.15) is 5.25 Å². The number of carboxylic acids is 1. The van der Waals surface area contributed by atoms with Gasteiger partial charge in [-0.2, -0.15) is 0 Å². The number of carboxylic acid groups (broad SMARTS) is 1. The lowest BCUT2D eigenvalue weighted by molar-refractivity contribution is -0.136. The third-order valence-corrected chi connectivity index (χ3v) is 2.87. The SMILES string of the molecule is O=C(O)C1Sc2cccc1c2. The molecule has 0 saturated heterocycles. The molecule has 1 aliphatic heterocycles. The maximum Gasteiger partial charge on any atom is 0.321 e. The first-order valence-corrected chi connectivity index (χ1v) is 4.15. The third-order valence-electron chi connectivity index (χ3n) is 1.64. The van der Waals surface area contributed by atoms with E-state index in [9.17, 15) is 4.79 Å². The standard InChI is InChI=1S/C8H6O2S/c9-8(10)7-5-2-1-3-6(4-5)11-7/h1-4,7H,(H,9,10). The lowest BCUT2D eigenvalue weighted by atomic mass is 10.2. The number of hydrogen-bond acceptors (Lipinski definition) is 2. The second kappa shape index (κ2) is 2.27. The number of benzene rings is 1. The topological polar surface area (TPSA) is 37.3 Å². The van der Waals surface area contributed by atoms with Gasteiger partial charge in [-0.3, -0.25) is 4.79 Å². The van der Waals surface area contributed by atoms with Crippen LogP contribution in [0.15, 0.2) is 29.2 Å². The predicted molar refractivity (Wildman–Crippen MR) is 42.7 cm³/mol. The predicted octanol–water partition coefficient (Wildman–Crippen LogP) is 1.92. The van der Waals surface area contributed by atoms with Crippen molar-refractivity contribution in [3.05, 3.63) is 29.8 Å². The minimum absolute atomic E-state index is 0.375. The molecule has 2 nitrogen and oxygen atoms in total. The number of hydrogen-bond donors (Lipinski definition) is 1. The normalized spacial score (nSPS) is 20.2. The summed E-state index contributed by atoms with van der Waals surface area (Å²) in [5.74, 6) is -0.754. The molecule has 0 spiro atoms. The van der Waals surface area contributed by atoms with Crippen molar-refractivity contribution in [1.29, 1.82) is 0 Å². The smallest absolute Gasteiger partial charge is 0.321 e. The fraction of sp³-hybridized carbons (Fsp3) is 0.125. The summed E-state index contributed by atoms with van der Waals surface area (Å²) in [5.41, 5.74) is 0.903. The Kier molecular flexibility index (Phi) is 1.39. The van der Waals surface area contributed by atoms with E-state index in [1.165, 1.54) is 11.8 Å². The monoisotopic (exact) mass is 166 g/mol. The van der Waals surface area contributed by atoms with Gasteiger partial charge >= 0.3 is 5.97 Å². The van der Waals surface area contributed by atoms with Crippen LogP contribution in [0.1, 0.15) is 10.8 Å². The number of rotatable bonds is 1. The first-order valence-electron chi connectivity index (χ1n) is 3.27. The highest BCUT2D eigenvalue weighted by atomic mass is 32.2. The van der Waals surface area contributed by atoms with Crippen LogP contribution in [0.2, 0.25) is 0 Å². The Morgan fingerprint density at radius 2 is 2.36 bits per heavy atom. The molecule has 2 rings (SSSR count). The molecule has 1 N–H and O–H groups in total. The van der Waals surface area contributed by atoms with Gasteiger partial charge in [-0.05, 0) is 17.7 Å². The summed E-state index contributed by atoms with van der Waals surface area (Å²) < 4.78 is 0. The molecule has 0 radical (unpaired) electrons. The molecule has 1 aromatic carbocycles. The van der Waals surface area contributed by atoms with Crippen molar-refractivity contribution in [2.45, 2.75) is 10.1 Å². The van der Waals surface area contributed by atoms with E-state index in [2.05, 4.69) is 0 Å². The number of fused-ring (bicyclic) bond motifs is 2. The number of aliphatic carboxylic acids is 1. The van der Waals surface area contributed by atoms with Crippen molar-refractivity contribution >= 4 is 17.7 Å². The zero-order valence-electron chi connectivity index (χ0n) is 5.65. The summed E-state index contributed by atoms with van der Waals surface area (Å²) in [6, 6.07) is 7.59. The summed E-state index contributed by atoms with van der Waals surface area (Å²) in [7, 11) is 0. The molecular formula is C8H6O2S. The van der Waals surface area contributed by atoms with Crippen LogP contribution in [0.3, 0.4) is 0 Å². The molecule has 0 fully saturated rings. The van der Waals surface area contributed by atoms with Gasteiger partial charge in [-0.15, -0.1) is 11.8 Å². The summed E-state index contributed by atoms with van der Waals surface area (Å²) in [6.07, 6.45) is 0. The number of carbonyl (C=O) groups is 1. The molecule has 0 amide bonds.